The molecule has 212 valence electrons. The lowest BCUT2D eigenvalue weighted by molar-refractivity contribution is -0.125. The van der Waals surface area contributed by atoms with Crippen molar-refractivity contribution in [2.24, 2.45) is 0 Å². The van der Waals surface area contributed by atoms with Crippen LogP contribution in [0.2, 0.25) is 5.02 Å². The molecule has 5 heterocycles. The minimum atomic E-state index is -0.688. The predicted molar refractivity (Wildman–Crippen MR) is 158 cm³/mol. The standard InChI is InChI=1S/C29H30ClFN8O2/c1-37-11-9-17(37)7-8-22(40)39-12-10-18(15-39)38(2)28-19-14-33-27(24(31)25(19)35-29(36-28)41-3)26-23-16(13-21(32)34-26)5-4-6-20(23)30/h4-8,13-14,17-18H,9-12,15H2,1-3H3,(H2,32,34)/b8-7+. The number of halogens is 2. The smallest absolute Gasteiger partial charge is 0.318 e. The van der Waals surface area contributed by atoms with E-state index in [2.05, 4.69) is 24.8 Å². The average molecular weight is 577 g/mol. The summed E-state index contributed by atoms with van der Waals surface area (Å²) < 4.78 is 21.6. The second-order valence-corrected chi connectivity index (χ2v) is 10.9. The lowest BCUT2D eigenvalue weighted by Crippen LogP contribution is -2.43. The molecule has 0 radical (unpaired) electrons. The highest BCUT2D eigenvalue weighted by Crippen LogP contribution is 2.37. The number of amides is 1. The Bertz CT molecular complexity index is 1700. The first kappa shape index (κ1) is 27.1. The number of aromatic nitrogens is 4. The Labute approximate surface area is 241 Å². The van der Waals surface area contributed by atoms with Gasteiger partial charge in [0.2, 0.25) is 5.91 Å². The van der Waals surface area contributed by atoms with Gasteiger partial charge in [0.15, 0.2) is 5.82 Å². The first-order valence-electron chi connectivity index (χ1n) is 13.4. The Morgan fingerprint density at radius 3 is 2.78 bits per heavy atom. The third-order valence-electron chi connectivity index (χ3n) is 8.04. The van der Waals surface area contributed by atoms with Crippen molar-refractivity contribution in [2.75, 3.05) is 51.5 Å². The average Bonchev–Trinajstić information content (AvgIpc) is 3.46. The third kappa shape index (κ3) is 4.89. The molecule has 2 fully saturated rings. The van der Waals surface area contributed by atoms with Crippen LogP contribution in [0.4, 0.5) is 16.0 Å². The number of likely N-dealkylation sites (N-methyl/N-ethyl adjacent to an activating group) is 2. The molecule has 0 aliphatic carbocycles. The molecule has 2 saturated heterocycles. The number of ether oxygens (including phenoxy) is 1. The lowest BCUT2D eigenvalue weighted by Gasteiger charge is -2.35. The topological polar surface area (TPSA) is 114 Å². The predicted octanol–water partition coefficient (Wildman–Crippen LogP) is 3.92. The van der Waals surface area contributed by atoms with E-state index in [0.29, 0.717) is 40.7 Å². The van der Waals surface area contributed by atoms with Crippen molar-refractivity contribution in [3.63, 3.8) is 0 Å². The fraction of sp³-hybridized carbons (Fsp3) is 0.345. The van der Waals surface area contributed by atoms with Crippen LogP contribution in [0.1, 0.15) is 12.8 Å². The highest BCUT2D eigenvalue weighted by Gasteiger charge is 2.31. The number of carbonyl (C=O) groups excluding carboxylic acids is 1. The molecule has 0 bridgehead atoms. The van der Waals surface area contributed by atoms with Gasteiger partial charge in [0, 0.05) is 56.4 Å². The van der Waals surface area contributed by atoms with Gasteiger partial charge in [0.05, 0.1) is 17.5 Å². The molecule has 6 rings (SSSR count). The van der Waals surface area contributed by atoms with E-state index < -0.39 is 5.82 Å². The number of carbonyl (C=O) groups is 1. The minimum absolute atomic E-state index is 0.01000. The number of pyridine rings is 2. The fourth-order valence-corrected chi connectivity index (χ4v) is 5.79. The molecule has 0 spiro atoms. The van der Waals surface area contributed by atoms with Crippen molar-refractivity contribution in [2.45, 2.75) is 24.9 Å². The Balaban J connectivity index is 1.35. The Morgan fingerprint density at radius 1 is 1.22 bits per heavy atom. The fourth-order valence-electron chi connectivity index (χ4n) is 5.52. The number of anilines is 2. The van der Waals surface area contributed by atoms with Gasteiger partial charge in [-0.15, -0.1) is 0 Å². The summed E-state index contributed by atoms with van der Waals surface area (Å²) in [5, 5.41) is 2.08. The second-order valence-electron chi connectivity index (χ2n) is 10.5. The van der Waals surface area contributed by atoms with E-state index in [0.717, 1.165) is 24.8 Å². The Hall–Kier alpha value is -4.09. The molecule has 1 aromatic carbocycles. The van der Waals surface area contributed by atoms with E-state index >= 15 is 4.39 Å². The highest BCUT2D eigenvalue weighted by molar-refractivity contribution is 6.36. The summed E-state index contributed by atoms with van der Waals surface area (Å²) in [7, 11) is 5.35. The van der Waals surface area contributed by atoms with Crippen LogP contribution in [0.25, 0.3) is 33.1 Å². The number of hydrogen-bond donors (Lipinski definition) is 1. The van der Waals surface area contributed by atoms with Crippen molar-refractivity contribution in [3.05, 3.63) is 53.5 Å². The zero-order chi connectivity index (χ0) is 28.8. The van der Waals surface area contributed by atoms with E-state index in [4.69, 9.17) is 22.1 Å². The monoisotopic (exact) mass is 576 g/mol. The number of hydrogen-bond acceptors (Lipinski definition) is 9. The van der Waals surface area contributed by atoms with Crippen LogP contribution >= 0.6 is 11.6 Å². The SMILES string of the molecule is COc1nc(N(C)C2CCN(C(=O)/C=C/C3CCN3C)C2)c2cnc(-c3nc(N)cc4cccc(Cl)c34)c(F)c2n1. The van der Waals surface area contributed by atoms with Crippen LogP contribution < -0.4 is 15.4 Å². The molecular weight excluding hydrogens is 547 g/mol. The maximum atomic E-state index is 16.2. The first-order valence-corrected chi connectivity index (χ1v) is 13.8. The minimum Gasteiger partial charge on any atom is -0.467 e. The van der Waals surface area contributed by atoms with Gasteiger partial charge in [-0.05, 0) is 37.4 Å². The molecule has 3 aromatic heterocycles. The van der Waals surface area contributed by atoms with Crippen molar-refractivity contribution < 1.29 is 13.9 Å². The van der Waals surface area contributed by atoms with E-state index in [1.54, 1.807) is 24.3 Å². The van der Waals surface area contributed by atoms with E-state index in [9.17, 15) is 4.79 Å². The molecule has 1 amide bonds. The summed E-state index contributed by atoms with van der Waals surface area (Å²) in [5.74, 6) is -0.0264. The van der Waals surface area contributed by atoms with Crippen LogP contribution in [0.5, 0.6) is 6.01 Å². The quantitative estimate of drug-likeness (QED) is 0.341. The molecule has 2 aliphatic heterocycles. The maximum absolute atomic E-state index is 16.2. The molecule has 12 heteroatoms. The maximum Gasteiger partial charge on any atom is 0.318 e. The Kier molecular flexibility index (Phi) is 7.08. The van der Waals surface area contributed by atoms with Gasteiger partial charge in [-0.1, -0.05) is 29.8 Å². The van der Waals surface area contributed by atoms with Gasteiger partial charge in [0.1, 0.15) is 28.5 Å². The van der Waals surface area contributed by atoms with Crippen molar-refractivity contribution >= 4 is 50.8 Å². The van der Waals surface area contributed by atoms with Gasteiger partial charge in [-0.2, -0.15) is 9.97 Å². The van der Waals surface area contributed by atoms with Crippen LogP contribution in [0, 0.1) is 5.82 Å². The summed E-state index contributed by atoms with van der Waals surface area (Å²) >= 11 is 6.49. The summed E-state index contributed by atoms with van der Waals surface area (Å²) in [5.41, 5.74) is 6.28. The zero-order valence-corrected chi connectivity index (χ0v) is 23.8. The number of benzene rings is 1. The summed E-state index contributed by atoms with van der Waals surface area (Å²) in [6.07, 6.45) is 6.98. The van der Waals surface area contributed by atoms with Crippen molar-refractivity contribution in [1.29, 1.82) is 0 Å². The molecule has 2 N–H and O–H groups in total. The number of nitrogens with two attached hydrogens (primary N) is 1. The third-order valence-corrected chi connectivity index (χ3v) is 8.35. The van der Waals surface area contributed by atoms with Gasteiger partial charge >= 0.3 is 6.01 Å². The highest BCUT2D eigenvalue weighted by atomic mass is 35.5. The molecular formula is C29H30ClFN8O2. The van der Waals surface area contributed by atoms with Crippen molar-refractivity contribution in [3.8, 4) is 17.4 Å². The number of rotatable bonds is 6. The second kappa shape index (κ2) is 10.7. The van der Waals surface area contributed by atoms with Gasteiger partial charge < -0.3 is 20.3 Å². The van der Waals surface area contributed by atoms with Crippen LogP contribution in [0.15, 0.2) is 42.6 Å². The molecule has 2 aliphatic rings. The first-order chi connectivity index (χ1) is 19.7. The van der Waals surface area contributed by atoms with Crippen LogP contribution in [-0.2, 0) is 4.79 Å². The van der Waals surface area contributed by atoms with E-state index in [1.807, 2.05) is 36.0 Å². The Morgan fingerprint density at radius 2 is 2.05 bits per heavy atom. The van der Waals surface area contributed by atoms with Gasteiger partial charge in [0.25, 0.3) is 0 Å². The largest absolute Gasteiger partial charge is 0.467 e. The van der Waals surface area contributed by atoms with Gasteiger partial charge in [-0.3, -0.25) is 14.7 Å². The molecule has 10 nitrogen and oxygen atoms in total. The number of nitrogen functional groups attached to an aromatic ring is 1. The molecule has 2 unspecified atom stereocenters. The summed E-state index contributed by atoms with van der Waals surface area (Å²) in [4.78, 5) is 36.5. The normalized spacial score (nSPS) is 19.3. The van der Waals surface area contributed by atoms with Gasteiger partial charge in [-0.25, -0.2) is 9.37 Å². The van der Waals surface area contributed by atoms with E-state index in [1.165, 1.54) is 13.3 Å². The number of methoxy groups -OCH3 is 1. The number of likely N-dealkylation sites (tertiary alicyclic amines) is 2. The number of nitrogens with zero attached hydrogens (tertiary/aromatic N) is 7. The van der Waals surface area contributed by atoms with Crippen molar-refractivity contribution in [1.82, 2.24) is 29.7 Å². The lowest BCUT2D eigenvalue weighted by atomic mass is 10.0. The molecule has 4 aromatic rings. The molecule has 2 atom stereocenters. The summed E-state index contributed by atoms with van der Waals surface area (Å²) in [6, 6.07) is 7.30. The van der Waals surface area contributed by atoms with E-state index in [-0.39, 0.29) is 40.7 Å². The summed E-state index contributed by atoms with van der Waals surface area (Å²) in [6.45, 7) is 2.18. The van der Waals surface area contributed by atoms with Crippen LogP contribution in [-0.4, -0.2) is 88.6 Å². The molecule has 0 saturated carbocycles. The number of fused-ring (bicyclic) bond motifs is 2. The van der Waals surface area contributed by atoms with Crippen LogP contribution in [0.3, 0.4) is 0 Å². The zero-order valence-electron chi connectivity index (χ0n) is 23.0. The molecule has 41 heavy (non-hydrogen) atoms.